The number of aliphatic hydroxyl groups is 1. The molecule has 0 aromatic heterocycles. The van der Waals surface area contributed by atoms with E-state index in [4.69, 9.17) is 4.74 Å². The quantitative estimate of drug-likeness (QED) is 0.566. The van der Waals surface area contributed by atoms with Crippen LogP contribution in [-0.4, -0.2) is 34.8 Å². The van der Waals surface area contributed by atoms with Crippen molar-refractivity contribution in [1.82, 2.24) is 4.90 Å². The molecule has 0 saturated carbocycles. The van der Waals surface area contributed by atoms with Crippen LogP contribution in [0.2, 0.25) is 0 Å². The zero-order valence-electron chi connectivity index (χ0n) is 18.5. The molecule has 6 rings (SSSR count). The van der Waals surface area contributed by atoms with E-state index in [-0.39, 0.29) is 30.7 Å². The van der Waals surface area contributed by atoms with Crippen LogP contribution < -0.4 is 0 Å². The van der Waals surface area contributed by atoms with E-state index in [0.717, 1.165) is 30.4 Å². The van der Waals surface area contributed by atoms with E-state index in [0.29, 0.717) is 6.61 Å². The van der Waals surface area contributed by atoms with Crippen LogP contribution in [0.5, 0.6) is 0 Å². The Balaban J connectivity index is 1.20. The molecule has 3 aromatic rings. The molecule has 3 aromatic carbocycles. The van der Waals surface area contributed by atoms with E-state index in [9.17, 15) is 9.90 Å². The molecule has 166 valence electrons. The van der Waals surface area contributed by atoms with Gasteiger partial charge in [0.2, 0.25) is 0 Å². The second kappa shape index (κ2) is 8.20. The van der Waals surface area contributed by atoms with Gasteiger partial charge in [-0.2, -0.15) is 0 Å². The number of rotatable bonds is 4. The lowest BCUT2D eigenvalue weighted by Crippen LogP contribution is -2.43. The normalized spacial score (nSPS) is 20.9. The molecule has 2 aliphatic heterocycles. The summed E-state index contributed by atoms with van der Waals surface area (Å²) in [5, 5.41) is 9.47. The largest absolute Gasteiger partial charge is 0.448 e. The molecule has 4 nitrogen and oxygen atoms in total. The van der Waals surface area contributed by atoms with Gasteiger partial charge in [-0.05, 0) is 64.3 Å². The van der Waals surface area contributed by atoms with Gasteiger partial charge in [0.25, 0.3) is 0 Å². The van der Waals surface area contributed by atoms with Crippen LogP contribution in [0.3, 0.4) is 0 Å². The molecule has 1 amide bonds. The predicted molar refractivity (Wildman–Crippen MR) is 129 cm³/mol. The highest BCUT2D eigenvalue weighted by molar-refractivity contribution is 5.79. The Morgan fingerprint density at radius 3 is 2.36 bits per heavy atom. The maximum atomic E-state index is 13.2. The number of fused-ring (bicyclic) bond motifs is 5. The fourth-order valence-corrected chi connectivity index (χ4v) is 5.87. The maximum Gasteiger partial charge on any atom is 0.410 e. The molecule has 2 unspecified atom stereocenters. The van der Waals surface area contributed by atoms with E-state index < -0.39 is 0 Å². The average molecular weight is 438 g/mol. The van der Waals surface area contributed by atoms with Crippen molar-refractivity contribution in [3.8, 4) is 11.1 Å². The molecular weight excluding hydrogens is 410 g/mol. The molecular formula is C29H27NO3. The van der Waals surface area contributed by atoms with Crippen molar-refractivity contribution in [3.63, 3.8) is 0 Å². The number of carbonyl (C=O) groups excluding carboxylic acids is 1. The Hall–Kier alpha value is -3.37. The lowest BCUT2D eigenvalue weighted by molar-refractivity contribution is 0.0866. The van der Waals surface area contributed by atoms with Crippen molar-refractivity contribution in [2.24, 2.45) is 0 Å². The number of hydrogen-bond acceptors (Lipinski definition) is 3. The molecule has 2 bridgehead atoms. The summed E-state index contributed by atoms with van der Waals surface area (Å²) < 4.78 is 5.96. The molecule has 1 saturated heterocycles. The number of carbonyl (C=O) groups is 1. The van der Waals surface area contributed by atoms with Crippen molar-refractivity contribution in [2.45, 2.75) is 43.9 Å². The molecule has 0 spiro atoms. The van der Waals surface area contributed by atoms with Gasteiger partial charge in [0.05, 0.1) is 12.6 Å². The second-order valence-electron chi connectivity index (χ2n) is 9.26. The minimum atomic E-state index is -0.205. The molecule has 4 heteroatoms. The van der Waals surface area contributed by atoms with Crippen LogP contribution in [0.1, 0.15) is 47.4 Å². The maximum absolute atomic E-state index is 13.2. The zero-order chi connectivity index (χ0) is 22.4. The first-order chi connectivity index (χ1) is 16.2. The Morgan fingerprint density at radius 1 is 0.939 bits per heavy atom. The summed E-state index contributed by atoms with van der Waals surface area (Å²) in [6.07, 6.45) is 4.81. The minimum Gasteiger partial charge on any atom is -0.448 e. The predicted octanol–water partition coefficient (Wildman–Crippen LogP) is 5.75. The van der Waals surface area contributed by atoms with Gasteiger partial charge in [-0.25, -0.2) is 4.79 Å². The molecule has 2 heterocycles. The summed E-state index contributed by atoms with van der Waals surface area (Å²) in [6.45, 7) is 0.401. The van der Waals surface area contributed by atoms with Crippen LogP contribution in [0.25, 0.3) is 16.7 Å². The first-order valence-corrected chi connectivity index (χ1v) is 11.8. The van der Waals surface area contributed by atoms with Crippen LogP contribution in [0.4, 0.5) is 4.79 Å². The van der Waals surface area contributed by atoms with Gasteiger partial charge in [0, 0.05) is 12.0 Å². The fraction of sp³-hybridized carbons (Fsp3) is 0.276. The minimum absolute atomic E-state index is 0.0415. The Morgan fingerprint density at radius 2 is 1.67 bits per heavy atom. The van der Waals surface area contributed by atoms with Gasteiger partial charge < -0.3 is 9.84 Å². The highest BCUT2D eigenvalue weighted by Gasteiger charge is 2.41. The third-order valence-corrected chi connectivity index (χ3v) is 7.42. The smallest absolute Gasteiger partial charge is 0.410 e. The lowest BCUT2D eigenvalue weighted by atomic mass is 9.94. The molecule has 1 N–H and O–H groups in total. The topological polar surface area (TPSA) is 49.8 Å². The Bertz CT molecular complexity index is 1200. The summed E-state index contributed by atoms with van der Waals surface area (Å²) in [7, 11) is 0. The highest BCUT2D eigenvalue weighted by Crippen LogP contribution is 2.45. The highest BCUT2D eigenvalue weighted by atomic mass is 16.6. The first-order valence-electron chi connectivity index (χ1n) is 11.8. The average Bonchev–Trinajstić information content (AvgIpc) is 3.33. The van der Waals surface area contributed by atoms with Crippen LogP contribution in [0.15, 0.2) is 78.9 Å². The second-order valence-corrected chi connectivity index (χ2v) is 9.26. The summed E-state index contributed by atoms with van der Waals surface area (Å²) in [4.78, 5) is 15.2. The van der Waals surface area contributed by atoms with E-state index in [2.05, 4.69) is 60.7 Å². The van der Waals surface area contributed by atoms with Crippen molar-refractivity contribution in [3.05, 3.63) is 101 Å². The summed E-state index contributed by atoms with van der Waals surface area (Å²) >= 11 is 0. The van der Waals surface area contributed by atoms with Crippen molar-refractivity contribution in [2.75, 3.05) is 6.61 Å². The Labute approximate surface area is 194 Å². The summed E-state index contributed by atoms with van der Waals surface area (Å²) in [5.74, 6) is 0.0797. The molecule has 1 fully saturated rings. The van der Waals surface area contributed by atoms with E-state index in [1.165, 1.54) is 27.8 Å². The van der Waals surface area contributed by atoms with Crippen molar-refractivity contribution in [1.29, 1.82) is 0 Å². The Kier molecular flexibility index (Phi) is 5.03. The lowest BCUT2D eigenvalue weighted by Gasteiger charge is -2.33. The number of amides is 1. The number of ether oxygens (including phenoxy) is 1. The number of aliphatic hydroxyl groups excluding tert-OH is 1. The first kappa shape index (κ1) is 20.3. The van der Waals surface area contributed by atoms with Crippen molar-refractivity contribution >= 4 is 11.7 Å². The van der Waals surface area contributed by atoms with Gasteiger partial charge >= 0.3 is 6.09 Å². The fourth-order valence-electron chi connectivity index (χ4n) is 5.87. The van der Waals surface area contributed by atoms with Crippen molar-refractivity contribution < 1.29 is 14.6 Å². The summed E-state index contributed by atoms with van der Waals surface area (Å²) in [6, 6.07) is 25.2. The van der Waals surface area contributed by atoms with Gasteiger partial charge in [0.15, 0.2) is 0 Å². The third-order valence-electron chi connectivity index (χ3n) is 7.42. The monoisotopic (exact) mass is 437 g/mol. The SMILES string of the molecule is O=C(OCC1c2ccccc2-c2ccccc21)N1C2C=C(c3cccc(CO)c3)CC1CC2. The number of benzene rings is 3. The number of nitrogens with zero attached hydrogens (tertiary/aromatic N) is 1. The van der Waals surface area contributed by atoms with Gasteiger partial charge in [-0.15, -0.1) is 0 Å². The number of hydrogen-bond donors (Lipinski definition) is 1. The van der Waals surface area contributed by atoms with Gasteiger partial charge in [0.1, 0.15) is 6.61 Å². The van der Waals surface area contributed by atoms with Crippen LogP contribution in [-0.2, 0) is 11.3 Å². The standard InChI is InChI=1S/C29H27NO3/c31-17-19-6-5-7-20(14-19)21-15-22-12-13-23(16-21)30(22)29(32)33-18-28-26-10-3-1-8-24(26)25-9-2-4-11-27(25)28/h1-11,14-15,22-23,28,31H,12-13,16-18H2. The third kappa shape index (κ3) is 3.46. The van der Waals surface area contributed by atoms with E-state index in [1.54, 1.807) is 0 Å². The molecule has 1 aliphatic carbocycles. The zero-order valence-corrected chi connectivity index (χ0v) is 18.5. The van der Waals surface area contributed by atoms with Gasteiger partial charge in [-0.1, -0.05) is 72.8 Å². The molecule has 2 atom stereocenters. The van der Waals surface area contributed by atoms with Crippen LogP contribution in [0, 0.1) is 0 Å². The van der Waals surface area contributed by atoms with E-state index in [1.807, 2.05) is 23.1 Å². The summed E-state index contributed by atoms with van der Waals surface area (Å²) in [5.41, 5.74) is 8.28. The van der Waals surface area contributed by atoms with Gasteiger partial charge in [-0.3, -0.25) is 4.90 Å². The van der Waals surface area contributed by atoms with E-state index >= 15 is 0 Å². The molecule has 33 heavy (non-hydrogen) atoms. The molecule has 0 radical (unpaired) electrons. The molecule has 3 aliphatic rings. The van der Waals surface area contributed by atoms with Crippen LogP contribution >= 0.6 is 0 Å².